The van der Waals surface area contributed by atoms with Crippen LogP contribution in [0.4, 0.5) is 0 Å². The molecule has 0 atom stereocenters. The fourth-order valence-corrected chi connectivity index (χ4v) is 5.68. The minimum absolute atomic E-state index is 0.0655. The number of hydrogen-bond donors (Lipinski definition) is 0. The van der Waals surface area contributed by atoms with Gasteiger partial charge in [-0.2, -0.15) is 0 Å². The molecule has 0 saturated heterocycles. The zero-order chi connectivity index (χ0) is 38.6. The molecule has 6 aromatic carbocycles. The third kappa shape index (κ3) is 3.85. The Bertz CT molecular complexity index is 3030. The van der Waals surface area contributed by atoms with Gasteiger partial charge < -0.3 is 8.98 Å². The number of rotatable bonds is 4. The minimum Gasteiger partial charge on any atom is -0.452 e. The molecule has 44 heavy (non-hydrogen) atoms. The van der Waals surface area contributed by atoms with Gasteiger partial charge in [0.15, 0.2) is 5.58 Å². The van der Waals surface area contributed by atoms with E-state index in [0.29, 0.717) is 16.5 Å². The number of para-hydroxylation sites is 2. The molecule has 0 radical (unpaired) electrons. The standard InChI is InChI=1S/C40H25N3O/c1-2-9-26(10-3-1)27-17-19-28(20-18-27)29-21-22-37-34(24-29)39-40(44-37)38(41-25-42-39)30-11-8-12-31(23-30)43-35-15-6-4-13-32(35)33-14-5-7-16-36(33)43/h1-25H/i4D,5D,6D,7D,11D,12D,13D,14D,15D,16D,23D. The minimum atomic E-state index is -0.626. The fraction of sp³-hybridized carbons (Fsp3) is 0. The Kier molecular flexibility index (Phi) is 3.56. The Morgan fingerprint density at radius 2 is 1.23 bits per heavy atom. The summed E-state index contributed by atoms with van der Waals surface area (Å²) in [6.07, 6.45) is 1.29. The van der Waals surface area contributed by atoms with E-state index in [1.807, 2.05) is 54.6 Å². The number of nitrogens with zero attached hydrogens (tertiary/aromatic N) is 3. The molecule has 9 rings (SSSR count). The maximum atomic E-state index is 9.52. The van der Waals surface area contributed by atoms with Crippen molar-refractivity contribution in [2.75, 3.05) is 0 Å². The van der Waals surface area contributed by atoms with Gasteiger partial charge in [0.05, 0.1) is 26.1 Å². The molecule has 0 aliphatic rings. The highest BCUT2D eigenvalue weighted by Crippen LogP contribution is 2.37. The lowest BCUT2D eigenvalue weighted by Gasteiger charge is -2.10. The molecule has 0 bridgehead atoms. The van der Waals surface area contributed by atoms with E-state index in [2.05, 4.69) is 22.1 Å². The summed E-state index contributed by atoms with van der Waals surface area (Å²) in [6.45, 7) is 0. The summed E-state index contributed by atoms with van der Waals surface area (Å²) in [4.78, 5) is 8.96. The molecule has 0 saturated carbocycles. The van der Waals surface area contributed by atoms with Gasteiger partial charge >= 0.3 is 0 Å². The highest BCUT2D eigenvalue weighted by Gasteiger charge is 2.17. The molecule has 3 aromatic heterocycles. The van der Waals surface area contributed by atoms with Gasteiger partial charge in [0.1, 0.15) is 23.1 Å². The lowest BCUT2D eigenvalue weighted by atomic mass is 9.99. The average molecular weight is 575 g/mol. The third-order valence-electron chi connectivity index (χ3n) is 7.74. The molecular formula is C40H25N3O. The largest absolute Gasteiger partial charge is 0.452 e. The zero-order valence-corrected chi connectivity index (χ0v) is 22.8. The quantitative estimate of drug-likeness (QED) is 0.210. The van der Waals surface area contributed by atoms with Crippen molar-refractivity contribution in [2.24, 2.45) is 0 Å². The van der Waals surface area contributed by atoms with Crippen molar-refractivity contribution in [1.82, 2.24) is 14.5 Å². The Hall–Kier alpha value is -6.00. The van der Waals surface area contributed by atoms with Crippen LogP contribution in [0.15, 0.2) is 156 Å². The maximum absolute atomic E-state index is 9.52. The average Bonchev–Trinajstić information content (AvgIpc) is 3.75. The van der Waals surface area contributed by atoms with Gasteiger partial charge in [0.2, 0.25) is 0 Å². The molecule has 0 spiro atoms. The molecule has 0 fully saturated rings. The van der Waals surface area contributed by atoms with Crippen LogP contribution in [0.5, 0.6) is 0 Å². The van der Waals surface area contributed by atoms with Gasteiger partial charge in [-0.3, -0.25) is 0 Å². The van der Waals surface area contributed by atoms with Gasteiger partial charge in [-0.15, -0.1) is 0 Å². The van der Waals surface area contributed by atoms with E-state index in [-0.39, 0.29) is 50.4 Å². The second-order valence-electron chi connectivity index (χ2n) is 10.2. The number of benzene rings is 6. The lowest BCUT2D eigenvalue weighted by molar-refractivity contribution is 0.667. The normalized spacial score (nSPS) is 15.1. The van der Waals surface area contributed by atoms with Gasteiger partial charge in [-0.25, -0.2) is 9.97 Å². The van der Waals surface area contributed by atoms with Gasteiger partial charge in [0, 0.05) is 27.4 Å². The summed E-state index contributed by atoms with van der Waals surface area (Å²) in [7, 11) is 0. The Labute approximate surface area is 268 Å². The monoisotopic (exact) mass is 574 g/mol. The van der Waals surface area contributed by atoms with Crippen molar-refractivity contribution < 1.29 is 19.5 Å². The molecule has 0 aliphatic heterocycles. The maximum Gasteiger partial charge on any atom is 0.180 e. The lowest BCUT2D eigenvalue weighted by Crippen LogP contribution is -1.95. The van der Waals surface area contributed by atoms with Gasteiger partial charge in [0.25, 0.3) is 0 Å². The first kappa shape index (κ1) is 16.0. The molecule has 0 aliphatic carbocycles. The first-order valence-electron chi connectivity index (χ1n) is 19.3. The fourth-order valence-electron chi connectivity index (χ4n) is 5.68. The number of hydrogen-bond acceptors (Lipinski definition) is 3. The second-order valence-corrected chi connectivity index (χ2v) is 10.2. The Morgan fingerprint density at radius 1 is 0.568 bits per heavy atom. The summed E-state index contributed by atoms with van der Waals surface area (Å²) in [6, 6.07) is 19.3. The molecule has 206 valence electrons. The summed E-state index contributed by atoms with van der Waals surface area (Å²) >= 11 is 0. The number of aromatic nitrogens is 3. The molecule has 9 aromatic rings. The first-order valence-corrected chi connectivity index (χ1v) is 13.8. The zero-order valence-electron chi connectivity index (χ0n) is 33.8. The second kappa shape index (κ2) is 9.79. The van der Waals surface area contributed by atoms with E-state index in [0.717, 1.165) is 32.9 Å². The van der Waals surface area contributed by atoms with E-state index in [9.17, 15) is 1.37 Å². The van der Waals surface area contributed by atoms with Crippen molar-refractivity contribution in [1.29, 1.82) is 0 Å². The van der Waals surface area contributed by atoms with Crippen LogP contribution in [0.3, 0.4) is 0 Å². The van der Waals surface area contributed by atoms with Crippen LogP contribution < -0.4 is 0 Å². The summed E-state index contributed by atoms with van der Waals surface area (Å²) in [5.74, 6) is 0. The molecule has 3 heterocycles. The first-order chi connectivity index (χ1) is 26.4. The van der Waals surface area contributed by atoms with Gasteiger partial charge in [-0.05, 0) is 58.6 Å². The van der Waals surface area contributed by atoms with Crippen LogP contribution >= 0.6 is 0 Å². The van der Waals surface area contributed by atoms with Crippen LogP contribution in [0.2, 0.25) is 0 Å². The molecular weight excluding hydrogens is 538 g/mol. The van der Waals surface area contributed by atoms with E-state index in [1.165, 1.54) is 6.33 Å². The van der Waals surface area contributed by atoms with Crippen LogP contribution in [0.25, 0.3) is 83.1 Å². The molecule has 4 nitrogen and oxygen atoms in total. The highest BCUT2D eigenvalue weighted by atomic mass is 16.3. The predicted octanol–water partition coefficient (Wildman–Crippen LogP) is 10.5. The summed E-state index contributed by atoms with van der Waals surface area (Å²) in [5, 5.41) is 0.291. The predicted molar refractivity (Wildman–Crippen MR) is 180 cm³/mol. The Balaban J connectivity index is 1.28. The van der Waals surface area contributed by atoms with Crippen molar-refractivity contribution in [3.8, 4) is 39.2 Å². The molecule has 0 N–H and O–H groups in total. The van der Waals surface area contributed by atoms with E-state index in [4.69, 9.17) is 18.1 Å². The van der Waals surface area contributed by atoms with Gasteiger partial charge in [-0.1, -0.05) is 109 Å². The Morgan fingerprint density at radius 3 is 1.98 bits per heavy atom. The molecule has 0 unspecified atom stereocenters. The van der Waals surface area contributed by atoms with Crippen molar-refractivity contribution in [3.05, 3.63) is 152 Å². The number of fused-ring (bicyclic) bond motifs is 6. The van der Waals surface area contributed by atoms with Crippen LogP contribution in [0, 0.1) is 0 Å². The van der Waals surface area contributed by atoms with E-state index >= 15 is 0 Å². The summed E-state index contributed by atoms with van der Waals surface area (Å²) in [5.41, 5.74) is 4.35. The third-order valence-corrected chi connectivity index (χ3v) is 7.74. The SMILES string of the molecule is [2H]c1cc([2H])c(-n2c3c([2H])c([2H])c([2H])c([2H])c3c3c([2H])c([2H])c([2H])c([2H])c32)c([2H])c1-c1ncnc2c1oc1ccc(-c3ccc(-c4ccccc4)cc3)cc12. The summed E-state index contributed by atoms with van der Waals surface area (Å²) < 4.78 is 104. The van der Waals surface area contributed by atoms with Crippen molar-refractivity contribution >= 4 is 43.9 Å². The highest BCUT2D eigenvalue weighted by molar-refractivity contribution is 6.10. The topological polar surface area (TPSA) is 43.9 Å². The molecule has 4 heteroatoms. The molecule has 0 amide bonds. The van der Waals surface area contributed by atoms with Crippen LogP contribution in [-0.2, 0) is 0 Å². The van der Waals surface area contributed by atoms with Crippen molar-refractivity contribution in [2.45, 2.75) is 0 Å². The van der Waals surface area contributed by atoms with E-state index in [1.54, 1.807) is 6.07 Å². The van der Waals surface area contributed by atoms with Crippen LogP contribution in [-0.4, -0.2) is 14.5 Å². The number of furan rings is 1. The smallest absolute Gasteiger partial charge is 0.180 e. The van der Waals surface area contributed by atoms with Crippen LogP contribution in [0.1, 0.15) is 15.1 Å². The van der Waals surface area contributed by atoms with E-state index < -0.39 is 60.4 Å². The van der Waals surface area contributed by atoms with Crippen molar-refractivity contribution in [3.63, 3.8) is 0 Å².